The van der Waals surface area contributed by atoms with Crippen molar-refractivity contribution in [3.8, 4) is 5.75 Å². The molecule has 2 aromatic rings. The second-order valence-electron chi connectivity index (χ2n) is 7.35. The van der Waals surface area contributed by atoms with Gasteiger partial charge < -0.3 is 9.64 Å². The summed E-state index contributed by atoms with van der Waals surface area (Å²) in [5.41, 5.74) is 3.74. The number of carbonyl (C=O) groups excluding carboxylic acids is 1. The van der Waals surface area contributed by atoms with Gasteiger partial charge in [0.05, 0.1) is 0 Å². The molecule has 0 radical (unpaired) electrons. The van der Waals surface area contributed by atoms with E-state index in [0.29, 0.717) is 6.42 Å². The highest BCUT2D eigenvalue weighted by Gasteiger charge is 2.27. The van der Waals surface area contributed by atoms with Gasteiger partial charge in [0.25, 0.3) is 5.91 Å². The van der Waals surface area contributed by atoms with Gasteiger partial charge in [-0.15, -0.1) is 0 Å². The Kier molecular flexibility index (Phi) is 6.51. The van der Waals surface area contributed by atoms with E-state index in [9.17, 15) is 4.79 Å². The van der Waals surface area contributed by atoms with E-state index in [-0.39, 0.29) is 5.91 Å². The average molecular weight is 367 g/mol. The smallest absolute Gasteiger partial charge is 0.263 e. The van der Waals surface area contributed by atoms with Crippen molar-refractivity contribution < 1.29 is 9.53 Å². The molecule has 0 aliphatic carbocycles. The maximum atomic E-state index is 12.9. The van der Waals surface area contributed by atoms with Crippen LogP contribution in [0.4, 0.5) is 0 Å². The van der Waals surface area contributed by atoms with Crippen molar-refractivity contribution >= 4 is 5.91 Å². The molecular formula is C23H30N2O2. The Morgan fingerprint density at radius 3 is 2.33 bits per heavy atom. The van der Waals surface area contributed by atoms with Crippen molar-refractivity contribution in [1.82, 2.24) is 9.80 Å². The SMILES string of the molecule is CC[C@@H](Oc1ccc(C)c(C)c1)C(=O)N1CCN(Cc2ccccc2)CC1. The van der Waals surface area contributed by atoms with Gasteiger partial charge in [-0.05, 0) is 49.1 Å². The molecule has 0 saturated carbocycles. The third-order valence-corrected chi connectivity index (χ3v) is 5.34. The molecule has 0 spiro atoms. The molecule has 0 aromatic heterocycles. The molecule has 0 bridgehead atoms. The second kappa shape index (κ2) is 9.05. The Morgan fingerprint density at radius 1 is 1.00 bits per heavy atom. The zero-order valence-corrected chi connectivity index (χ0v) is 16.6. The molecule has 1 aliphatic heterocycles. The molecule has 0 N–H and O–H groups in total. The first-order chi connectivity index (χ1) is 13.1. The first kappa shape index (κ1) is 19.4. The van der Waals surface area contributed by atoms with Crippen LogP contribution in [0.25, 0.3) is 0 Å². The van der Waals surface area contributed by atoms with Crippen LogP contribution >= 0.6 is 0 Å². The summed E-state index contributed by atoms with van der Waals surface area (Å²) in [6.45, 7) is 10.4. The zero-order chi connectivity index (χ0) is 19.2. The van der Waals surface area contributed by atoms with E-state index >= 15 is 0 Å². The van der Waals surface area contributed by atoms with Gasteiger partial charge >= 0.3 is 0 Å². The van der Waals surface area contributed by atoms with Crippen LogP contribution in [0.1, 0.15) is 30.0 Å². The highest BCUT2D eigenvalue weighted by Crippen LogP contribution is 2.20. The normalized spacial score (nSPS) is 16.2. The number of hydrogen-bond donors (Lipinski definition) is 0. The topological polar surface area (TPSA) is 32.8 Å². The number of carbonyl (C=O) groups is 1. The van der Waals surface area contributed by atoms with E-state index in [1.54, 1.807) is 0 Å². The van der Waals surface area contributed by atoms with Crippen LogP contribution in [0.15, 0.2) is 48.5 Å². The number of aryl methyl sites for hydroxylation is 2. The van der Waals surface area contributed by atoms with Crippen molar-refractivity contribution in [3.05, 3.63) is 65.2 Å². The monoisotopic (exact) mass is 366 g/mol. The maximum Gasteiger partial charge on any atom is 0.263 e. The van der Waals surface area contributed by atoms with E-state index in [0.717, 1.165) is 38.5 Å². The molecule has 1 fully saturated rings. The molecule has 1 amide bonds. The molecule has 1 heterocycles. The summed E-state index contributed by atoms with van der Waals surface area (Å²) in [7, 11) is 0. The molecule has 2 aromatic carbocycles. The Labute approximate surface area is 162 Å². The number of benzene rings is 2. The predicted octanol–water partition coefficient (Wildman–Crippen LogP) is 3.81. The predicted molar refractivity (Wildman–Crippen MR) is 109 cm³/mol. The van der Waals surface area contributed by atoms with E-state index < -0.39 is 6.10 Å². The van der Waals surface area contributed by atoms with E-state index in [2.05, 4.69) is 43.0 Å². The molecule has 3 rings (SSSR count). The summed E-state index contributed by atoms with van der Waals surface area (Å²) in [6.07, 6.45) is 0.267. The van der Waals surface area contributed by atoms with Crippen LogP contribution < -0.4 is 4.74 Å². The summed E-state index contributed by atoms with van der Waals surface area (Å²) in [5.74, 6) is 0.885. The highest BCUT2D eigenvalue weighted by molar-refractivity contribution is 5.81. The van der Waals surface area contributed by atoms with Crippen LogP contribution in [0, 0.1) is 13.8 Å². The molecule has 1 atom stereocenters. The summed E-state index contributed by atoms with van der Waals surface area (Å²) in [6, 6.07) is 16.5. The van der Waals surface area contributed by atoms with Gasteiger partial charge in [0.1, 0.15) is 5.75 Å². The first-order valence-corrected chi connectivity index (χ1v) is 9.85. The largest absolute Gasteiger partial charge is 0.481 e. The number of ether oxygens (including phenoxy) is 1. The standard InChI is InChI=1S/C23H30N2O2/c1-4-22(27-21-11-10-18(2)19(3)16-21)23(26)25-14-12-24(13-15-25)17-20-8-6-5-7-9-20/h5-11,16,22H,4,12-15,17H2,1-3H3/t22-/m1/s1. The van der Waals surface area contributed by atoms with Crippen molar-refractivity contribution in [1.29, 1.82) is 0 Å². The van der Waals surface area contributed by atoms with E-state index in [4.69, 9.17) is 4.74 Å². The minimum absolute atomic E-state index is 0.107. The summed E-state index contributed by atoms with van der Waals surface area (Å²) in [5, 5.41) is 0. The fraction of sp³-hybridized carbons (Fsp3) is 0.435. The lowest BCUT2D eigenvalue weighted by Gasteiger charge is -2.36. The van der Waals surface area contributed by atoms with Crippen LogP contribution in [-0.4, -0.2) is 48.0 Å². The van der Waals surface area contributed by atoms with E-state index in [1.807, 2.05) is 36.1 Å². The van der Waals surface area contributed by atoms with Crippen LogP contribution in [0.5, 0.6) is 5.75 Å². The van der Waals surface area contributed by atoms with Gasteiger partial charge in [-0.25, -0.2) is 0 Å². The lowest BCUT2D eigenvalue weighted by atomic mass is 10.1. The van der Waals surface area contributed by atoms with Gasteiger partial charge in [0, 0.05) is 32.7 Å². The van der Waals surface area contributed by atoms with Crippen LogP contribution in [0.3, 0.4) is 0 Å². The lowest BCUT2D eigenvalue weighted by Crippen LogP contribution is -2.52. The molecule has 1 saturated heterocycles. The number of piperazine rings is 1. The minimum atomic E-state index is -0.409. The first-order valence-electron chi connectivity index (χ1n) is 9.85. The Hall–Kier alpha value is -2.33. The number of rotatable bonds is 6. The van der Waals surface area contributed by atoms with Crippen molar-refractivity contribution in [2.24, 2.45) is 0 Å². The van der Waals surface area contributed by atoms with Crippen molar-refractivity contribution in [2.75, 3.05) is 26.2 Å². The molecular weight excluding hydrogens is 336 g/mol. The number of nitrogens with zero attached hydrogens (tertiary/aromatic N) is 2. The minimum Gasteiger partial charge on any atom is -0.481 e. The molecule has 4 nitrogen and oxygen atoms in total. The van der Waals surface area contributed by atoms with Gasteiger partial charge in [-0.3, -0.25) is 9.69 Å². The fourth-order valence-electron chi connectivity index (χ4n) is 3.43. The van der Waals surface area contributed by atoms with Crippen molar-refractivity contribution in [3.63, 3.8) is 0 Å². The third-order valence-electron chi connectivity index (χ3n) is 5.34. The molecule has 1 aliphatic rings. The zero-order valence-electron chi connectivity index (χ0n) is 16.6. The Bertz CT molecular complexity index is 752. The Morgan fingerprint density at radius 2 is 1.70 bits per heavy atom. The molecule has 144 valence electrons. The van der Waals surface area contributed by atoms with Gasteiger partial charge in [0.15, 0.2) is 6.10 Å². The summed E-state index contributed by atoms with van der Waals surface area (Å²) < 4.78 is 6.03. The Balaban J connectivity index is 1.54. The number of amides is 1. The molecule has 27 heavy (non-hydrogen) atoms. The molecule has 4 heteroatoms. The van der Waals surface area contributed by atoms with Crippen molar-refractivity contribution in [2.45, 2.75) is 39.8 Å². The highest BCUT2D eigenvalue weighted by atomic mass is 16.5. The van der Waals surface area contributed by atoms with Gasteiger partial charge in [0.2, 0.25) is 0 Å². The summed E-state index contributed by atoms with van der Waals surface area (Å²) >= 11 is 0. The average Bonchev–Trinajstić information content (AvgIpc) is 2.69. The lowest BCUT2D eigenvalue weighted by molar-refractivity contribution is -0.140. The maximum absolute atomic E-state index is 12.9. The second-order valence-corrected chi connectivity index (χ2v) is 7.35. The third kappa shape index (κ3) is 5.10. The fourth-order valence-corrected chi connectivity index (χ4v) is 3.43. The molecule has 0 unspecified atom stereocenters. The quantitative estimate of drug-likeness (QED) is 0.779. The number of hydrogen-bond acceptors (Lipinski definition) is 3. The van der Waals surface area contributed by atoms with Crippen LogP contribution in [-0.2, 0) is 11.3 Å². The van der Waals surface area contributed by atoms with Crippen LogP contribution in [0.2, 0.25) is 0 Å². The van der Waals surface area contributed by atoms with E-state index in [1.165, 1.54) is 16.7 Å². The summed E-state index contributed by atoms with van der Waals surface area (Å²) in [4.78, 5) is 17.3. The van der Waals surface area contributed by atoms with Gasteiger partial charge in [-0.2, -0.15) is 0 Å². The van der Waals surface area contributed by atoms with Gasteiger partial charge in [-0.1, -0.05) is 43.3 Å².